The van der Waals surface area contributed by atoms with E-state index in [0.29, 0.717) is 13.2 Å². The van der Waals surface area contributed by atoms with Gasteiger partial charge in [0.25, 0.3) is 0 Å². The lowest BCUT2D eigenvalue weighted by Crippen LogP contribution is -2.03. The summed E-state index contributed by atoms with van der Waals surface area (Å²) in [4.78, 5) is 1.18. The van der Waals surface area contributed by atoms with E-state index in [4.69, 9.17) is 10.5 Å². The summed E-state index contributed by atoms with van der Waals surface area (Å²) in [6.07, 6.45) is 0. The molecule has 0 bridgehead atoms. The fraction of sp³-hybridized carbons (Fsp3) is 0.125. The van der Waals surface area contributed by atoms with Crippen LogP contribution < -0.4 is 10.5 Å². The molecular formula is C16H14BrNOS. The minimum Gasteiger partial charge on any atom is -0.488 e. The van der Waals surface area contributed by atoms with Crippen LogP contribution in [0.5, 0.6) is 5.75 Å². The summed E-state index contributed by atoms with van der Waals surface area (Å²) in [5.74, 6) is 0.867. The second-order valence-electron chi connectivity index (χ2n) is 4.45. The predicted molar refractivity (Wildman–Crippen MR) is 88.2 cm³/mol. The Kier molecular flexibility index (Phi) is 4.05. The zero-order valence-electron chi connectivity index (χ0n) is 10.8. The molecule has 0 amide bonds. The summed E-state index contributed by atoms with van der Waals surface area (Å²) < 4.78 is 7.06. The Morgan fingerprint density at radius 1 is 1.10 bits per heavy atom. The van der Waals surface area contributed by atoms with Gasteiger partial charge in [-0.25, -0.2) is 0 Å². The molecule has 0 fully saturated rings. The van der Waals surface area contributed by atoms with Crippen molar-refractivity contribution in [3.8, 4) is 5.75 Å². The van der Waals surface area contributed by atoms with Gasteiger partial charge in [-0.05, 0) is 44.2 Å². The summed E-state index contributed by atoms with van der Waals surface area (Å²) in [5.41, 5.74) is 6.97. The molecule has 0 atom stereocenters. The Morgan fingerprint density at radius 3 is 2.70 bits per heavy atom. The minimum atomic E-state index is 0.475. The van der Waals surface area contributed by atoms with E-state index in [0.717, 1.165) is 21.2 Å². The SMILES string of the molecule is NCc1c(OCc2sccc2Br)ccc2ccccc12. The van der Waals surface area contributed by atoms with E-state index >= 15 is 0 Å². The molecule has 3 rings (SSSR count). The van der Waals surface area contributed by atoms with E-state index in [1.165, 1.54) is 10.3 Å². The average molecular weight is 348 g/mol. The summed E-state index contributed by atoms with van der Waals surface area (Å²) in [5, 5.41) is 4.41. The fourth-order valence-electron chi connectivity index (χ4n) is 2.23. The summed E-state index contributed by atoms with van der Waals surface area (Å²) in [6, 6.07) is 14.4. The third-order valence-electron chi connectivity index (χ3n) is 3.25. The molecule has 20 heavy (non-hydrogen) atoms. The number of benzene rings is 2. The van der Waals surface area contributed by atoms with E-state index in [9.17, 15) is 0 Å². The monoisotopic (exact) mass is 347 g/mol. The Hall–Kier alpha value is -1.36. The number of fused-ring (bicyclic) bond motifs is 1. The fourth-order valence-corrected chi connectivity index (χ4v) is 3.61. The van der Waals surface area contributed by atoms with Gasteiger partial charge < -0.3 is 10.5 Å². The first-order valence-corrected chi connectivity index (χ1v) is 8.02. The van der Waals surface area contributed by atoms with Crippen LogP contribution >= 0.6 is 27.3 Å². The quantitative estimate of drug-likeness (QED) is 0.742. The molecule has 0 aliphatic rings. The number of thiophene rings is 1. The lowest BCUT2D eigenvalue weighted by Gasteiger charge is -2.12. The van der Waals surface area contributed by atoms with Crippen LogP contribution in [0.4, 0.5) is 0 Å². The van der Waals surface area contributed by atoms with Gasteiger partial charge in [-0.3, -0.25) is 0 Å². The Balaban J connectivity index is 1.93. The van der Waals surface area contributed by atoms with Crippen LogP contribution in [0.3, 0.4) is 0 Å². The third kappa shape index (κ3) is 2.59. The maximum atomic E-state index is 5.96. The first kappa shape index (κ1) is 13.6. The largest absolute Gasteiger partial charge is 0.488 e. The highest BCUT2D eigenvalue weighted by molar-refractivity contribution is 9.10. The van der Waals surface area contributed by atoms with Crippen molar-refractivity contribution in [2.24, 2.45) is 5.73 Å². The van der Waals surface area contributed by atoms with E-state index in [2.05, 4.69) is 34.1 Å². The number of ether oxygens (including phenoxy) is 1. The van der Waals surface area contributed by atoms with E-state index in [1.807, 2.05) is 29.6 Å². The highest BCUT2D eigenvalue weighted by Gasteiger charge is 2.09. The van der Waals surface area contributed by atoms with Crippen molar-refractivity contribution in [3.63, 3.8) is 0 Å². The molecule has 102 valence electrons. The number of nitrogens with two attached hydrogens (primary N) is 1. The van der Waals surface area contributed by atoms with Gasteiger partial charge in [-0.1, -0.05) is 30.3 Å². The van der Waals surface area contributed by atoms with Gasteiger partial charge in [0.1, 0.15) is 12.4 Å². The molecule has 1 aromatic heterocycles. The van der Waals surface area contributed by atoms with E-state index in [1.54, 1.807) is 11.3 Å². The standard InChI is InChI=1S/C16H14BrNOS/c17-14-7-8-20-16(14)10-19-15-6-5-11-3-1-2-4-12(11)13(15)9-18/h1-8H,9-10,18H2. The third-order valence-corrected chi connectivity index (χ3v) is 5.15. The molecule has 0 radical (unpaired) electrons. The molecule has 0 saturated heterocycles. The highest BCUT2D eigenvalue weighted by Crippen LogP contribution is 2.30. The molecule has 4 heteroatoms. The molecule has 0 saturated carbocycles. The van der Waals surface area contributed by atoms with Crippen molar-refractivity contribution in [1.29, 1.82) is 0 Å². The molecule has 2 N–H and O–H groups in total. The predicted octanol–water partition coefficient (Wildman–Crippen LogP) is 4.70. The Bertz CT molecular complexity index is 738. The lowest BCUT2D eigenvalue weighted by atomic mass is 10.0. The normalized spacial score (nSPS) is 10.9. The molecule has 0 spiro atoms. The van der Waals surface area contributed by atoms with Gasteiger partial charge in [-0.15, -0.1) is 11.3 Å². The van der Waals surface area contributed by atoms with Gasteiger partial charge in [-0.2, -0.15) is 0 Å². The number of rotatable bonds is 4. The maximum Gasteiger partial charge on any atom is 0.124 e. The minimum absolute atomic E-state index is 0.475. The Morgan fingerprint density at radius 2 is 1.95 bits per heavy atom. The molecule has 0 aliphatic heterocycles. The van der Waals surface area contributed by atoms with E-state index < -0.39 is 0 Å². The smallest absolute Gasteiger partial charge is 0.124 e. The number of halogens is 1. The molecule has 3 aromatic rings. The molecular weight excluding hydrogens is 334 g/mol. The second-order valence-corrected chi connectivity index (χ2v) is 6.30. The van der Waals surface area contributed by atoms with Crippen molar-refractivity contribution in [3.05, 3.63) is 62.8 Å². The molecule has 2 nitrogen and oxygen atoms in total. The zero-order valence-corrected chi connectivity index (χ0v) is 13.2. The van der Waals surface area contributed by atoms with Gasteiger partial charge in [0, 0.05) is 16.6 Å². The van der Waals surface area contributed by atoms with Crippen LogP contribution in [0.1, 0.15) is 10.4 Å². The molecule has 0 unspecified atom stereocenters. The van der Waals surface area contributed by atoms with Gasteiger partial charge in [0.15, 0.2) is 0 Å². The van der Waals surface area contributed by atoms with Crippen LogP contribution in [0.15, 0.2) is 52.3 Å². The second kappa shape index (κ2) is 5.95. The molecule has 2 aromatic carbocycles. The highest BCUT2D eigenvalue weighted by atomic mass is 79.9. The van der Waals surface area contributed by atoms with Gasteiger partial charge >= 0.3 is 0 Å². The van der Waals surface area contributed by atoms with Gasteiger partial charge in [0.2, 0.25) is 0 Å². The molecule has 0 aliphatic carbocycles. The average Bonchev–Trinajstić information content (AvgIpc) is 2.89. The number of hydrogen-bond donors (Lipinski definition) is 1. The van der Waals surface area contributed by atoms with Crippen molar-refractivity contribution in [1.82, 2.24) is 0 Å². The van der Waals surface area contributed by atoms with Crippen LogP contribution in [0.25, 0.3) is 10.8 Å². The van der Waals surface area contributed by atoms with Crippen LogP contribution in [-0.4, -0.2) is 0 Å². The van der Waals surface area contributed by atoms with Gasteiger partial charge in [0.05, 0.1) is 4.88 Å². The van der Waals surface area contributed by atoms with Crippen LogP contribution in [-0.2, 0) is 13.2 Å². The lowest BCUT2D eigenvalue weighted by molar-refractivity contribution is 0.306. The summed E-state index contributed by atoms with van der Waals surface area (Å²) in [6.45, 7) is 1.03. The molecule has 1 heterocycles. The van der Waals surface area contributed by atoms with Crippen molar-refractivity contribution >= 4 is 38.0 Å². The van der Waals surface area contributed by atoms with Crippen LogP contribution in [0, 0.1) is 0 Å². The zero-order chi connectivity index (χ0) is 13.9. The van der Waals surface area contributed by atoms with E-state index in [-0.39, 0.29) is 0 Å². The van der Waals surface area contributed by atoms with Crippen molar-refractivity contribution in [2.45, 2.75) is 13.2 Å². The van der Waals surface area contributed by atoms with Crippen molar-refractivity contribution < 1.29 is 4.74 Å². The maximum absolute atomic E-state index is 5.96. The first-order valence-electron chi connectivity index (χ1n) is 6.35. The number of hydrogen-bond acceptors (Lipinski definition) is 3. The summed E-state index contributed by atoms with van der Waals surface area (Å²) in [7, 11) is 0. The van der Waals surface area contributed by atoms with Crippen LogP contribution in [0.2, 0.25) is 0 Å². The topological polar surface area (TPSA) is 35.2 Å². The Labute approximate surface area is 130 Å². The summed E-state index contributed by atoms with van der Waals surface area (Å²) >= 11 is 5.20. The first-order chi connectivity index (χ1) is 9.79. The van der Waals surface area contributed by atoms with Crippen molar-refractivity contribution in [2.75, 3.05) is 0 Å².